The second-order valence-corrected chi connectivity index (χ2v) is 8.04. The number of phenolic OH excluding ortho intramolecular Hbond substituents is 1. The number of hydrogen-bond donors (Lipinski definition) is 4. The van der Waals surface area contributed by atoms with Crippen molar-refractivity contribution in [3.05, 3.63) is 58.6 Å². The van der Waals surface area contributed by atoms with Gasteiger partial charge in [0, 0.05) is 24.2 Å². The fourth-order valence-corrected chi connectivity index (χ4v) is 3.69. The van der Waals surface area contributed by atoms with Crippen LogP contribution in [0.2, 0.25) is 5.02 Å². The SMILES string of the molecule is O=C(NCCNC(=O)c1ccc(O)c(Cl)c1)c1ccc(OC2CCC(C(=O)O)CC2)cc1. The molecule has 0 heterocycles. The van der Waals surface area contributed by atoms with E-state index in [-0.39, 0.29) is 47.7 Å². The number of rotatable bonds is 8. The quantitative estimate of drug-likeness (QED) is 0.448. The highest BCUT2D eigenvalue weighted by atomic mass is 35.5. The molecule has 2 amide bonds. The molecule has 0 aliphatic heterocycles. The van der Waals surface area contributed by atoms with E-state index in [1.54, 1.807) is 24.3 Å². The molecule has 1 aliphatic carbocycles. The van der Waals surface area contributed by atoms with Crippen LogP contribution >= 0.6 is 11.6 Å². The zero-order valence-corrected chi connectivity index (χ0v) is 18.1. The van der Waals surface area contributed by atoms with Gasteiger partial charge in [-0.1, -0.05) is 11.6 Å². The number of hydrogen-bond acceptors (Lipinski definition) is 5. The van der Waals surface area contributed by atoms with Crippen LogP contribution in [-0.4, -0.2) is 47.2 Å². The molecule has 0 saturated heterocycles. The Kier molecular flexibility index (Phi) is 7.94. The Morgan fingerprint density at radius 1 is 0.906 bits per heavy atom. The molecular weight excluding hydrogens is 436 g/mol. The molecule has 1 saturated carbocycles. The van der Waals surface area contributed by atoms with Gasteiger partial charge in [-0.2, -0.15) is 0 Å². The monoisotopic (exact) mass is 460 g/mol. The Morgan fingerprint density at radius 2 is 1.47 bits per heavy atom. The molecule has 3 rings (SSSR count). The van der Waals surface area contributed by atoms with Crippen LogP contribution in [0, 0.1) is 5.92 Å². The minimum absolute atomic E-state index is 0.0163. The Morgan fingerprint density at radius 3 is 2.03 bits per heavy atom. The number of aromatic hydroxyl groups is 1. The largest absolute Gasteiger partial charge is 0.506 e. The normalized spacial score (nSPS) is 17.9. The first-order valence-electron chi connectivity index (χ1n) is 10.4. The van der Waals surface area contributed by atoms with Crippen molar-refractivity contribution in [1.29, 1.82) is 0 Å². The molecule has 1 fully saturated rings. The summed E-state index contributed by atoms with van der Waals surface area (Å²) in [5, 5.41) is 23.9. The van der Waals surface area contributed by atoms with Crippen LogP contribution in [-0.2, 0) is 4.79 Å². The van der Waals surface area contributed by atoms with Crippen LogP contribution < -0.4 is 15.4 Å². The highest BCUT2D eigenvalue weighted by Crippen LogP contribution is 2.28. The summed E-state index contributed by atoms with van der Waals surface area (Å²) in [5.74, 6) is -1.13. The third-order valence-corrected chi connectivity index (χ3v) is 5.65. The topological polar surface area (TPSA) is 125 Å². The molecule has 8 nitrogen and oxygen atoms in total. The molecule has 170 valence electrons. The summed E-state index contributed by atoms with van der Waals surface area (Å²) in [6, 6.07) is 10.9. The molecule has 2 aromatic carbocycles. The number of ether oxygens (including phenoxy) is 1. The number of carboxylic acid groups (broad SMARTS) is 1. The van der Waals surface area contributed by atoms with Crippen molar-refractivity contribution >= 4 is 29.4 Å². The van der Waals surface area contributed by atoms with Crippen LogP contribution in [0.3, 0.4) is 0 Å². The number of amides is 2. The third-order valence-electron chi connectivity index (χ3n) is 5.35. The molecule has 0 unspecified atom stereocenters. The van der Waals surface area contributed by atoms with Crippen molar-refractivity contribution < 1.29 is 29.3 Å². The lowest BCUT2D eigenvalue weighted by Gasteiger charge is -2.26. The van der Waals surface area contributed by atoms with Gasteiger partial charge >= 0.3 is 5.97 Å². The second kappa shape index (κ2) is 10.9. The molecule has 32 heavy (non-hydrogen) atoms. The highest BCUT2D eigenvalue weighted by molar-refractivity contribution is 6.32. The van der Waals surface area contributed by atoms with Crippen LogP contribution in [0.5, 0.6) is 11.5 Å². The van der Waals surface area contributed by atoms with Crippen molar-refractivity contribution in [3.63, 3.8) is 0 Å². The van der Waals surface area contributed by atoms with Gasteiger partial charge < -0.3 is 25.6 Å². The van der Waals surface area contributed by atoms with E-state index in [0.717, 1.165) is 0 Å². The Labute approximate surface area is 190 Å². The number of benzene rings is 2. The van der Waals surface area contributed by atoms with Crippen molar-refractivity contribution in [2.45, 2.75) is 31.8 Å². The molecular formula is C23H25ClN2O6. The number of nitrogens with one attached hydrogen (secondary N) is 2. The lowest BCUT2D eigenvalue weighted by Crippen LogP contribution is -2.34. The van der Waals surface area contributed by atoms with Gasteiger partial charge in [0.15, 0.2) is 0 Å². The van der Waals surface area contributed by atoms with Crippen LogP contribution in [0.15, 0.2) is 42.5 Å². The molecule has 0 aromatic heterocycles. The summed E-state index contributed by atoms with van der Waals surface area (Å²) >= 11 is 5.79. The van der Waals surface area contributed by atoms with Crippen molar-refractivity contribution in [1.82, 2.24) is 10.6 Å². The zero-order chi connectivity index (χ0) is 23.1. The van der Waals surface area contributed by atoms with Gasteiger partial charge in [0.1, 0.15) is 11.5 Å². The first kappa shape index (κ1) is 23.4. The van der Waals surface area contributed by atoms with Crippen molar-refractivity contribution in [2.24, 2.45) is 5.92 Å². The fourth-order valence-electron chi connectivity index (χ4n) is 3.51. The molecule has 2 aromatic rings. The summed E-state index contributed by atoms with van der Waals surface area (Å²) in [7, 11) is 0. The van der Waals surface area contributed by atoms with Gasteiger partial charge in [0.25, 0.3) is 11.8 Å². The average molecular weight is 461 g/mol. The minimum Gasteiger partial charge on any atom is -0.506 e. The molecule has 9 heteroatoms. The third kappa shape index (κ3) is 6.37. The number of carboxylic acids is 1. The molecule has 4 N–H and O–H groups in total. The van der Waals surface area contributed by atoms with E-state index in [1.165, 1.54) is 18.2 Å². The molecule has 0 atom stereocenters. The number of halogens is 1. The van der Waals surface area contributed by atoms with Crippen molar-refractivity contribution in [2.75, 3.05) is 13.1 Å². The lowest BCUT2D eigenvalue weighted by molar-refractivity contribution is -0.143. The number of phenols is 1. The van der Waals surface area contributed by atoms with E-state index in [2.05, 4.69) is 10.6 Å². The first-order chi connectivity index (χ1) is 15.3. The van der Waals surface area contributed by atoms with Crippen LogP contribution in [0.25, 0.3) is 0 Å². The maximum atomic E-state index is 12.3. The predicted octanol–water partition coefficient (Wildman–Crippen LogP) is 3.23. The molecule has 1 aliphatic rings. The lowest BCUT2D eigenvalue weighted by atomic mass is 9.87. The second-order valence-electron chi connectivity index (χ2n) is 7.63. The van der Waals surface area contributed by atoms with Crippen LogP contribution in [0.4, 0.5) is 0 Å². The number of carbonyl (C=O) groups is 3. The van der Waals surface area contributed by atoms with E-state index >= 15 is 0 Å². The number of carbonyl (C=O) groups excluding carboxylic acids is 2. The number of aliphatic carboxylic acids is 1. The van der Waals surface area contributed by atoms with Gasteiger partial charge in [0.05, 0.1) is 17.0 Å². The molecule has 0 bridgehead atoms. The Bertz CT molecular complexity index is 971. The van der Waals surface area contributed by atoms with Gasteiger partial charge in [0.2, 0.25) is 0 Å². The fraction of sp³-hybridized carbons (Fsp3) is 0.348. The van der Waals surface area contributed by atoms with Gasteiger partial charge in [-0.05, 0) is 68.1 Å². The summed E-state index contributed by atoms with van der Waals surface area (Å²) < 4.78 is 5.90. The Balaban J connectivity index is 1.39. The summed E-state index contributed by atoms with van der Waals surface area (Å²) in [6.45, 7) is 0.463. The maximum Gasteiger partial charge on any atom is 0.306 e. The highest BCUT2D eigenvalue weighted by Gasteiger charge is 2.26. The van der Waals surface area contributed by atoms with E-state index in [4.69, 9.17) is 21.4 Å². The average Bonchev–Trinajstić information content (AvgIpc) is 2.79. The van der Waals surface area contributed by atoms with E-state index in [9.17, 15) is 19.5 Å². The standard InChI is InChI=1S/C23H25ClN2O6/c24-19-13-16(5-10-20(19)27)22(29)26-12-11-25-21(28)14-1-6-17(7-2-14)32-18-8-3-15(4-9-18)23(30)31/h1-2,5-7,10,13,15,18,27H,3-4,8-9,11-12H2,(H,25,28)(H,26,29)(H,30,31). The summed E-state index contributed by atoms with van der Waals surface area (Å²) in [4.78, 5) is 35.4. The van der Waals surface area contributed by atoms with E-state index in [1.807, 2.05) is 0 Å². The van der Waals surface area contributed by atoms with Crippen LogP contribution in [0.1, 0.15) is 46.4 Å². The first-order valence-corrected chi connectivity index (χ1v) is 10.8. The van der Waals surface area contributed by atoms with Crippen molar-refractivity contribution in [3.8, 4) is 11.5 Å². The summed E-state index contributed by atoms with van der Waals surface area (Å²) in [6.07, 6.45) is 2.59. The minimum atomic E-state index is -0.747. The smallest absolute Gasteiger partial charge is 0.306 e. The van der Waals surface area contributed by atoms with E-state index < -0.39 is 5.97 Å². The molecule has 0 spiro atoms. The van der Waals surface area contributed by atoms with Gasteiger partial charge in [-0.15, -0.1) is 0 Å². The predicted molar refractivity (Wildman–Crippen MR) is 118 cm³/mol. The van der Waals surface area contributed by atoms with E-state index in [0.29, 0.717) is 42.6 Å². The van der Waals surface area contributed by atoms with Gasteiger partial charge in [-0.3, -0.25) is 14.4 Å². The van der Waals surface area contributed by atoms with Gasteiger partial charge in [-0.25, -0.2) is 0 Å². The molecule has 0 radical (unpaired) electrons. The zero-order valence-electron chi connectivity index (χ0n) is 17.3. The summed E-state index contributed by atoms with van der Waals surface area (Å²) in [5.41, 5.74) is 0.773. The Hall–Kier alpha value is -3.26. The maximum absolute atomic E-state index is 12.3.